The van der Waals surface area contributed by atoms with Crippen molar-refractivity contribution in [3.63, 3.8) is 0 Å². The van der Waals surface area contributed by atoms with E-state index in [1.165, 1.54) is 6.07 Å². The largest absolute Gasteiger partial charge is 0.366 e. The van der Waals surface area contributed by atoms with Crippen molar-refractivity contribution in [1.82, 2.24) is 4.90 Å². The summed E-state index contributed by atoms with van der Waals surface area (Å²) in [6.07, 6.45) is 1.98. The van der Waals surface area contributed by atoms with Crippen molar-refractivity contribution in [3.8, 4) is 0 Å². The molecular formula is C21H27FN2O2. The lowest BCUT2D eigenvalue weighted by molar-refractivity contribution is -0.148. The average Bonchev–Trinajstić information content (AvgIpc) is 2.92. The average molecular weight is 358 g/mol. The number of carbonyl (C=O) groups is 2. The van der Waals surface area contributed by atoms with Crippen LogP contribution in [0.3, 0.4) is 0 Å². The van der Waals surface area contributed by atoms with E-state index in [9.17, 15) is 14.0 Å². The van der Waals surface area contributed by atoms with Gasteiger partial charge in [-0.25, -0.2) is 4.39 Å². The molecule has 4 rings (SSSR count). The number of anilines is 1. The lowest BCUT2D eigenvalue weighted by atomic mass is 9.64. The molecule has 4 nitrogen and oxygen atoms in total. The monoisotopic (exact) mass is 358 g/mol. The molecule has 2 atom stereocenters. The standard InChI is InChI=1S/C21H27FN2O2/c1-19(2)20(3)8-9-21(19,14-17(20)25)18(26)24-12-10-23(11-13-24)16-7-5-4-6-15(16)22/h4-7H,8-14H2,1-3H3. The number of hydrogen-bond donors (Lipinski definition) is 0. The van der Waals surface area contributed by atoms with Crippen molar-refractivity contribution in [3.05, 3.63) is 30.1 Å². The molecule has 2 aliphatic carbocycles. The molecule has 3 aliphatic rings. The van der Waals surface area contributed by atoms with Gasteiger partial charge in [0.05, 0.1) is 11.1 Å². The first kappa shape index (κ1) is 17.5. The fourth-order valence-electron chi connectivity index (χ4n) is 5.49. The van der Waals surface area contributed by atoms with Gasteiger partial charge in [-0.15, -0.1) is 0 Å². The molecule has 140 valence electrons. The Morgan fingerprint density at radius 1 is 1.04 bits per heavy atom. The molecule has 0 radical (unpaired) electrons. The predicted molar refractivity (Wildman–Crippen MR) is 98.4 cm³/mol. The second kappa shape index (κ2) is 5.54. The third-order valence-corrected chi connectivity index (χ3v) is 7.87. The number of rotatable bonds is 2. The van der Waals surface area contributed by atoms with E-state index in [-0.39, 0.29) is 28.3 Å². The van der Waals surface area contributed by atoms with E-state index in [0.29, 0.717) is 38.3 Å². The number of para-hydroxylation sites is 1. The van der Waals surface area contributed by atoms with Crippen LogP contribution in [0.4, 0.5) is 10.1 Å². The molecule has 1 aromatic rings. The smallest absolute Gasteiger partial charge is 0.229 e. The molecular weight excluding hydrogens is 331 g/mol. The van der Waals surface area contributed by atoms with Crippen molar-refractivity contribution >= 4 is 17.4 Å². The second-order valence-electron chi connectivity index (χ2n) is 8.87. The Morgan fingerprint density at radius 3 is 2.23 bits per heavy atom. The van der Waals surface area contributed by atoms with Crippen LogP contribution < -0.4 is 4.90 Å². The summed E-state index contributed by atoms with van der Waals surface area (Å²) in [6, 6.07) is 6.78. The lowest BCUT2D eigenvalue weighted by Crippen LogP contribution is -2.55. The molecule has 1 heterocycles. The van der Waals surface area contributed by atoms with Crippen LogP contribution in [0.5, 0.6) is 0 Å². The Bertz CT molecular complexity index is 769. The molecule has 1 saturated heterocycles. The maximum Gasteiger partial charge on any atom is 0.229 e. The first-order valence-corrected chi connectivity index (χ1v) is 9.55. The van der Waals surface area contributed by atoms with Crippen LogP contribution in [-0.2, 0) is 9.59 Å². The summed E-state index contributed by atoms with van der Waals surface area (Å²) < 4.78 is 14.0. The number of halogens is 1. The van der Waals surface area contributed by atoms with E-state index in [1.807, 2.05) is 22.8 Å². The molecule has 2 unspecified atom stereocenters. The van der Waals surface area contributed by atoms with Gasteiger partial charge in [-0.1, -0.05) is 32.9 Å². The van der Waals surface area contributed by atoms with E-state index in [0.717, 1.165) is 12.8 Å². The molecule has 26 heavy (non-hydrogen) atoms. The zero-order valence-corrected chi connectivity index (χ0v) is 15.8. The van der Waals surface area contributed by atoms with E-state index in [4.69, 9.17) is 0 Å². The fraction of sp³-hybridized carbons (Fsp3) is 0.619. The zero-order chi connectivity index (χ0) is 18.7. The third-order valence-electron chi connectivity index (χ3n) is 7.87. The number of benzene rings is 1. The normalized spacial score (nSPS) is 33.0. The molecule has 1 aromatic carbocycles. The van der Waals surface area contributed by atoms with Crippen molar-refractivity contribution in [1.29, 1.82) is 0 Å². The summed E-state index contributed by atoms with van der Waals surface area (Å²) >= 11 is 0. The summed E-state index contributed by atoms with van der Waals surface area (Å²) in [7, 11) is 0. The summed E-state index contributed by atoms with van der Waals surface area (Å²) in [5, 5.41) is 0. The maximum atomic E-state index is 14.0. The number of Topliss-reactive ketones (excluding diaryl/α,β-unsaturated/α-hetero) is 1. The minimum absolute atomic E-state index is 0.130. The van der Waals surface area contributed by atoms with Gasteiger partial charge < -0.3 is 9.80 Å². The minimum Gasteiger partial charge on any atom is -0.366 e. The van der Waals surface area contributed by atoms with E-state index in [2.05, 4.69) is 13.8 Å². The van der Waals surface area contributed by atoms with E-state index in [1.54, 1.807) is 12.1 Å². The lowest BCUT2D eigenvalue weighted by Gasteiger charge is -2.44. The molecule has 0 N–H and O–H groups in total. The SMILES string of the molecule is CC12CCC(C(=O)N3CCN(c4ccccc4F)CC3)(CC1=O)C2(C)C. The van der Waals surface area contributed by atoms with Crippen LogP contribution in [0.15, 0.2) is 24.3 Å². The highest BCUT2D eigenvalue weighted by Gasteiger charge is 2.73. The number of nitrogens with zero attached hydrogens (tertiary/aromatic N) is 2. The Morgan fingerprint density at radius 2 is 1.69 bits per heavy atom. The Labute approximate surface area is 154 Å². The van der Waals surface area contributed by atoms with Crippen molar-refractivity contribution in [2.75, 3.05) is 31.1 Å². The van der Waals surface area contributed by atoms with E-state index < -0.39 is 5.41 Å². The molecule has 1 aliphatic heterocycles. The number of hydrogen-bond acceptors (Lipinski definition) is 3. The quantitative estimate of drug-likeness (QED) is 0.815. The van der Waals surface area contributed by atoms with Crippen molar-refractivity contribution < 1.29 is 14.0 Å². The molecule has 0 aromatic heterocycles. The van der Waals surface area contributed by atoms with Gasteiger partial charge in [0.1, 0.15) is 11.6 Å². The summed E-state index contributed by atoms with van der Waals surface area (Å²) in [4.78, 5) is 30.0. The van der Waals surface area contributed by atoms with Gasteiger partial charge in [-0.3, -0.25) is 9.59 Å². The summed E-state index contributed by atoms with van der Waals surface area (Å²) in [5.41, 5.74) is -0.643. The Hall–Kier alpha value is -1.91. The summed E-state index contributed by atoms with van der Waals surface area (Å²) in [6.45, 7) is 8.62. The second-order valence-corrected chi connectivity index (χ2v) is 8.87. The van der Waals surface area contributed by atoms with Crippen LogP contribution >= 0.6 is 0 Å². The zero-order valence-electron chi connectivity index (χ0n) is 15.8. The molecule has 2 bridgehead atoms. The summed E-state index contributed by atoms with van der Waals surface area (Å²) in [5.74, 6) is 0.150. The first-order chi connectivity index (χ1) is 12.2. The molecule has 1 amide bonds. The highest BCUT2D eigenvalue weighted by Crippen LogP contribution is 2.71. The van der Waals surface area contributed by atoms with Crippen molar-refractivity contribution in [2.45, 2.75) is 40.0 Å². The third kappa shape index (κ3) is 2.06. The predicted octanol–water partition coefficient (Wildman–Crippen LogP) is 3.26. The number of ketones is 1. The topological polar surface area (TPSA) is 40.6 Å². The van der Waals surface area contributed by atoms with Gasteiger partial charge in [-0.05, 0) is 30.4 Å². The Balaban J connectivity index is 1.51. The Kier molecular flexibility index (Phi) is 3.73. The van der Waals surface area contributed by atoms with Crippen LogP contribution in [0.2, 0.25) is 0 Å². The fourth-order valence-corrected chi connectivity index (χ4v) is 5.49. The highest BCUT2D eigenvalue weighted by molar-refractivity contribution is 5.99. The van der Waals surface area contributed by atoms with Gasteiger partial charge in [0.25, 0.3) is 0 Å². The number of fused-ring (bicyclic) bond motifs is 2. The molecule has 2 saturated carbocycles. The first-order valence-electron chi connectivity index (χ1n) is 9.55. The number of carbonyl (C=O) groups excluding carboxylic acids is 2. The number of piperazine rings is 1. The van der Waals surface area contributed by atoms with Gasteiger partial charge in [0.15, 0.2) is 0 Å². The maximum absolute atomic E-state index is 14.0. The van der Waals surface area contributed by atoms with Gasteiger partial charge >= 0.3 is 0 Å². The molecule has 5 heteroatoms. The van der Waals surface area contributed by atoms with Gasteiger partial charge in [0, 0.05) is 38.0 Å². The van der Waals surface area contributed by atoms with Crippen molar-refractivity contribution in [2.24, 2.45) is 16.2 Å². The van der Waals surface area contributed by atoms with Crippen LogP contribution in [0.1, 0.15) is 40.0 Å². The molecule has 3 fully saturated rings. The van der Waals surface area contributed by atoms with Crippen LogP contribution in [0.25, 0.3) is 0 Å². The van der Waals surface area contributed by atoms with Crippen LogP contribution in [-0.4, -0.2) is 42.8 Å². The van der Waals surface area contributed by atoms with Crippen LogP contribution in [0, 0.1) is 22.1 Å². The van der Waals surface area contributed by atoms with Gasteiger partial charge in [0.2, 0.25) is 5.91 Å². The minimum atomic E-state index is -0.557. The highest BCUT2D eigenvalue weighted by atomic mass is 19.1. The van der Waals surface area contributed by atoms with Gasteiger partial charge in [-0.2, -0.15) is 0 Å². The van der Waals surface area contributed by atoms with E-state index >= 15 is 0 Å². The number of amides is 1. The molecule has 0 spiro atoms.